The van der Waals surface area contributed by atoms with E-state index in [2.05, 4.69) is 16.8 Å². The summed E-state index contributed by atoms with van der Waals surface area (Å²) >= 11 is 0. The van der Waals surface area contributed by atoms with Crippen molar-refractivity contribution < 1.29 is 13.5 Å². The second-order valence-electron chi connectivity index (χ2n) is 6.96. The Morgan fingerprint density at radius 3 is 2.43 bits per heavy atom. The monoisotopic (exact) mass is 399 g/mol. The summed E-state index contributed by atoms with van der Waals surface area (Å²) in [5, 5.41) is 1.70. The number of rotatable bonds is 4. The summed E-state index contributed by atoms with van der Waals surface area (Å²) in [5.74, 6) is 5.98. The van der Waals surface area contributed by atoms with E-state index in [0.717, 1.165) is 27.6 Å². The molecule has 0 aliphatic carbocycles. The Balaban J connectivity index is 1.46. The maximum atomic E-state index is 14.5. The van der Waals surface area contributed by atoms with Crippen molar-refractivity contribution in [2.24, 2.45) is 0 Å². The normalized spacial score (nSPS) is 10.5. The van der Waals surface area contributed by atoms with Gasteiger partial charge in [0.15, 0.2) is 0 Å². The van der Waals surface area contributed by atoms with Crippen LogP contribution < -0.4 is 4.74 Å². The van der Waals surface area contributed by atoms with Crippen molar-refractivity contribution >= 4 is 10.8 Å². The lowest BCUT2D eigenvalue weighted by Gasteiger charge is -2.04. The fourth-order valence-corrected chi connectivity index (χ4v) is 3.20. The summed E-state index contributed by atoms with van der Waals surface area (Å²) in [6.45, 7) is 0. The van der Waals surface area contributed by atoms with E-state index in [0.29, 0.717) is 24.2 Å². The van der Waals surface area contributed by atoms with Crippen LogP contribution in [0.4, 0.5) is 8.78 Å². The summed E-state index contributed by atoms with van der Waals surface area (Å²) in [6, 6.07) is 19.0. The second kappa shape index (κ2) is 8.75. The summed E-state index contributed by atoms with van der Waals surface area (Å²) < 4.78 is 32.9. The highest BCUT2D eigenvalue weighted by Crippen LogP contribution is 2.18. The largest absolute Gasteiger partial charge is 0.495 e. The molecule has 148 valence electrons. The van der Waals surface area contributed by atoms with Crippen molar-refractivity contribution in [1.29, 1.82) is 0 Å². The van der Waals surface area contributed by atoms with Crippen molar-refractivity contribution in [2.75, 3.05) is 7.11 Å². The molecule has 1 aromatic heterocycles. The first-order chi connectivity index (χ1) is 14.6. The van der Waals surface area contributed by atoms with E-state index in [-0.39, 0.29) is 11.6 Å². The van der Waals surface area contributed by atoms with E-state index in [1.807, 2.05) is 36.4 Å². The smallest absolute Gasteiger partial charge is 0.139 e. The minimum absolute atomic E-state index is 0.272. The van der Waals surface area contributed by atoms with Gasteiger partial charge in [-0.2, -0.15) is 0 Å². The Morgan fingerprint density at radius 1 is 0.833 bits per heavy atom. The molecule has 4 heteroatoms. The highest BCUT2D eigenvalue weighted by molar-refractivity contribution is 5.84. The molecule has 0 aliphatic heterocycles. The molecule has 30 heavy (non-hydrogen) atoms. The van der Waals surface area contributed by atoms with Crippen molar-refractivity contribution in [1.82, 2.24) is 4.98 Å². The SMILES string of the molecule is COc1ccc(CCc2ccc(C#Cc3ccc4cc(F)ccc4c3)c(F)c2)nc1. The number of fused-ring (bicyclic) bond motifs is 1. The Hall–Kier alpha value is -3.71. The number of halogens is 2. The van der Waals surface area contributed by atoms with Crippen LogP contribution in [-0.4, -0.2) is 12.1 Å². The van der Waals surface area contributed by atoms with Gasteiger partial charge in [-0.3, -0.25) is 4.98 Å². The van der Waals surface area contributed by atoms with Gasteiger partial charge in [-0.1, -0.05) is 30.0 Å². The van der Waals surface area contributed by atoms with Crippen LogP contribution in [0, 0.1) is 23.5 Å². The molecule has 2 nitrogen and oxygen atoms in total. The molecule has 0 saturated heterocycles. The van der Waals surface area contributed by atoms with Crippen LogP contribution >= 0.6 is 0 Å². The number of aryl methyl sites for hydroxylation is 2. The third kappa shape index (κ3) is 4.64. The topological polar surface area (TPSA) is 22.1 Å². The van der Waals surface area contributed by atoms with Crippen LogP contribution in [0.25, 0.3) is 10.8 Å². The average Bonchev–Trinajstić information content (AvgIpc) is 2.77. The lowest BCUT2D eigenvalue weighted by atomic mass is 10.0. The Bertz CT molecular complexity index is 1250. The molecule has 0 aliphatic rings. The number of nitrogens with zero attached hydrogens (tertiary/aromatic N) is 1. The summed E-state index contributed by atoms with van der Waals surface area (Å²) in [7, 11) is 1.60. The standard InChI is InChI=1S/C26H19F2NO/c1-30-25-13-12-24(29-17-25)11-5-19-3-7-20(26(28)15-19)6-2-18-4-8-22-16-23(27)10-9-21(22)14-18/h3-4,7-10,12-17H,5,11H2,1H3. The zero-order valence-electron chi connectivity index (χ0n) is 16.5. The summed E-state index contributed by atoms with van der Waals surface area (Å²) in [6.07, 6.45) is 3.08. The zero-order chi connectivity index (χ0) is 20.9. The number of aromatic nitrogens is 1. The maximum Gasteiger partial charge on any atom is 0.139 e. The molecule has 0 fully saturated rings. The van der Waals surface area contributed by atoms with Crippen LogP contribution in [0.3, 0.4) is 0 Å². The minimum Gasteiger partial charge on any atom is -0.495 e. The van der Waals surface area contributed by atoms with Gasteiger partial charge in [-0.05, 0) is 77.7 Å². The van der Waals surface area contributed by atoms with Crippen LogP contribution in [0.2, 0.25) is 0 Å². The first-order valence-corrected chi connectivity index (χ1v) is 9.59. The van der Waals surface area contributed by atoms with Crippen LogP contribution in [-0.2, 0) is 12.8 Å². The molecule has 0 amide bonds. The van der Waals surface area contributed by atoms with Crippen molar-refractivity contribution in [3.05, 3.63) is 107 Å². The van der Waals surface area contributed by atoms with E-state index in [4.69, 9.17) is 4.74 Å². The van der Waals surface area contributed by atoms with Crippen molar-refractivity contribution in [3.8, 4) is 17.6 Å². The first-order valence-electron chi connectivity index (χ1n) is 9.59. The van der Waals surface area contributed by atoms with Crippen LogP contribution in [0.15, 0.2) is 72.9 Å². The highest BCUT2D eigenvalue weighted by Gasteiger charge is 2.04. The van der Waals surface area contributed by atoms with E-state index < -0.39 is 0 Å². The molecular formula is C26H19F2NO. The quantitative estimate of drug-likeness (QED) is 0.410. The lowest BCUT2D eigenvalue weighted by molar-refractivity contribution is 0.412. The molecule has 0 bridgehead atoms. The Labute approximate surface area is 174 Å². The number of pyridine rings is 1. The molecule has 0 unspecified atom stereocenters. The predicted octanol–water partition coefficient (Wildman–Crippen LogP) is 5.71. The summed E-state index contributed by atoms with van der Waals surface area (Å²) in [4.78, 5) is 4.33. The fraction of sp³-hybridized carbons (Fsp3) is 0.115. The van der Waals surface area contributed by atoms with Gasteiger partial charge in [0.2, 0.25) is 0 Å². The lowest BCUT2D eigenvalue weighted by Crippen LogP contribution is -1.96. The maximum absolute atomic E-state index is 14.5. The van der Waals surface area contributed by atoms with Gasteiger partial charge < -0.3 is 4.74 Å². The number of benzene rings is 3. The Kier molecular flexibility index (Phi) is 5.72. The predicted molar refractivity (Wildman–Crippen MR) is 114 cm³/mol. The van der Waals surface area contributed by atoms with Gasteiger partial charge in [0.05, 0.1) is 18.9 Å². The van der Waals surface area contributed by atoms with E-state index >= 15 is 0 Å². The molecule has 3 aromatic carbocycles. The molecule has 1 heterocycles. The van der Waals surface area contributed by atoms with Gasteiger partial charge in [0.1, 0.15) is 17.4 Å². The molecular weight excluding hydrogens is 380 g/mol. The van der Waals surface area contributed by atoms with Gasteiger partial charge in [0.25, 0.3) is 0 Å². The van der Waals surface area contributed by atoms with Crippen molar-refractivity contribution in [2.45, 2.75) is 12.8 Å². The molecule has 0 N–H and O–H groups in total. The molecule has 4 rings (SSSR count). The Morgan fingerprint density at radius 2 is 1.67 bits per heavy atom. The number of methoxy groups -OCH3 is 1. The van der Waals surface area contributed by atoms with Crippen molar-refractivity contribution in [3.63, 3.8) is 0 Å². The molecule has 0 saturated carbocycles. The molecule has 0 radical (unpaired) electrons. The highest BCUT2D eigenvalue weighted by atomic mass is 19.1. The van der Waals surface area contributed by atoms with Gasteiger partial charge in [0, 0.05) is 11.3 Å². The number of hydrogen-bond acceptors (Lipinski definition) is 2. The first kappa shape index (κ1) is 19.6. The van der Waals surface area contributed by atoms with Gasteiger partial charge >= 0.3 is 0 Å². The van der Waals surface area contributed by atoms with Crippen LogP contribution in [0.1, 0.15) is 22.4 Å². The van der Waals surface area contributed by atoms with E-state index in [1.165, 1.54) is 18.2 Å². The fourth-order valence-electron chi connectivity index (χ4n) is 3.20. The van der Waals surface area contributed by atoms with Gasteiger partial charge in [-0.15, -0.1) is 0 Å². The van der Waals surface area contributed by atoms with Gasteiger partial charge in [-0.25, -0.2) is 8.78 Å². The zero-order valence-corrected chi connectivity index (χ0v) is 16.5. The summed E-state index contributed by atoms with van der Waals surface area (Å²) in [5.41, 5.74) is 2.92. The van der Waals surface area contributed by atoms with E-state index in [1.54, 1.807) is 25.4 Å². The molecule has 0 atom stereocenters. The van der Waals surface area contributed by atoms with Crippen LogP contribution in [0.5, 0.6) is 5.75 Å². The third-order valence-electron chi connectivity index (χ3n) is 4.88. The average molecular weight is 399 g/mol. The third-order valence-corrected chi connectivity index (χ3v) is 4.88. The molecule has 0 spiro atoms. The molecule has 4 aromatic rings. The second-order valence-corrected chi connectivity index (χ2v) is 6.96. The van der Waals surface area contributed by atoms with E-state index in [9.17, 15) is 8.78 Å². The number of hydrogen-bond donors (Lipinski definition) is 0. The number of ether oxygens (including phenoxy) is 1. The minimum atomic E-state index is -0.342.